The topological polar surface area (TPSA) is 96.1 Å². The van der Waals surface area contributed by atoms with Gasteiger partial charge in [-0.15, -0.1) is 0 Å². The van der Waals surface area contributed by atoms with Crippen LogP contribution in [0.15, 0.2) is 53.6 Å². The number of aryl methyl sites for hydroxylation is 2. The van der Waals surface area contributed by atoms with Crippen LogP contribution in [0, 0.1) is 0 Å². The predicted octanol–water partition coefficient (Wildman–Crippen LogP) is 3.48. The number of hydrogen-bond acceptors (Lipinski definition) is 6. The zero-order chi connectivity index (χ0) is 23.9. The Hall–Kier alpha value is -4.07. The van der Waals surface area contributed by atoms with E-state index in [-0.39, 0.29) is 23.1 Å². The largest absolute Gasteiger partial charge is 0.464 e. The molecule has 0 radical (unpaired) electrons. The second-order valence-corrected chi connectivity index (χ2v) is 8.17. The number of rotatable bonds is 5. The molecule has 0 bridgehead atoms. The molecule has 3 aromatic heterocycles. The average Bonchev–Trinajstić information content (AvgIpc) is 3.06. The maximum Gasteiger partial charge on any atom is 0.356 e. The van der Waals surface area contributed by atoms with Gasteiger partial charge in [0.2, 0.25) is 0 Å². The number of methoxy groups -OCH3 is 1. The zero-order valence-corrected chi connectivity index (χ0v) is 19.1. The van der Waals surface area contributed by atoms with Crippen LogP contribution in [-0.2, 0) is 18.8 Å². The lowest BCUT2D eigenvalue weighted by Gasteiger charge is -2.12. The standard InChI is InChI=1S/C25H24N4O4/c1-14(2)18-10-17(11-21-22(18)29(4)25(32)28(21)3)23(30)16-7-8-19(26-13-16)15-6-9-20(27-12-15)24(31)33-5/h6-14H,1-5H3. The van der Waals surface area contributed by atoms with E-state index in [4.69, 9.17) is 0 Å². The van der Waals surface area contributed by atoms with Crippen molar-refractivity contribution in [1.29, 1.82) is 0 Å². The average molecular weight is 444 g/mol. The van der Waals surface area contributed by atoms with Crippen molar-refractivity contribution in [3.05, 3.63) is 81.7 Å². The highest BCUT2D eigenvalue weighted by atomic mass is 16.5. The number of pyridine rings is 2. The van der Waals surface area contributed by atoms with Crippen molar-refractivity contribution < 1.29 is 14.3 Å². The van der Waals surface area contributed by atoms with Gasteiger partial charge in [-0.1, -0.05) is 13.8 Å². The van der Waals surface area contributed by atoms with Crippen LogP contribution in [0.5, 0.6) is 0 Å². The third-order valence-corrected chi connectivity index (χ3v) is 5.75. The minimum absolute atomic E-state index is 0.130. The van der Waals surface area contributed by atoms with Crippen LogP contribution >= 0.6 is 0 Å². The van der Waals surface area contributed by atoms with Gasteiger partial charge in [-0.05, 0) is 47.9 Å². The summed E-state index contributed by atoms with van der Waals surface area (Å²) in [5.74, 6) is -0.549. The Morgan fingerprint density at radius 2 is 1.70 bits per heavy atom. The zero-order valence-electron chi connectivity index (χ0n) is 19.1. The van der Waals surface area contributed by atoms with Gasteiger partial charge in [0, 0.05) is 43.2 Å². The first-order valence-corrected chi connectivity index (χ1v) is 10.5. The molecular formula is C25H24N4O4. The maximum atomic E-state index is 13.3. The van der Waals surface area contributed by atoms with Gasteiger partial charge in [0.1, 0.15) is 5.69 Å². The smallest absolute Gasteiger partial charge is 0.356 e. The summed E-state index contributed by atoms with van der Waals surface area (Å²) >= 11 is 0. The van der Waals surface area contributed by atoms with Crippen molar-refractivity contribution >= 4 is 22.8 Å². The quantitative estimate of drug-likeness (QED) is 0.345. The number of esters is 1. The molecule has 0 unspecified atom stereocenters. The van der Waals surface area contributed by atoms with Gasteiger partial charge < -0.3 is 4.74 Å². The fourth-order valence-corrected chi connectivity index (χ4v) is 3.89. The van der Waals surface area contributed by atoms with E-state index in [9.17, 15) is 14.4 Å². The normalized spacial score (nSPS) is 11.2. The number of aromatic nitrogens is 4. The monoisotopic (exact) mass is 444 g/mol. The molecule has 8 nitrogen and oxygen atoms in total. The molecular weight excluding hydrogens is 420 g/mol. The Kier molecular flexibility index (Phi) is 5.68. The molecule has 0 fully saturated rings. The molecule has 8 heteroatoms. The molecule has 0 amide bonds. The second-order valence-electron chi connectivity index (χ2n) is 8.17. The highest BCUT2D eigenvalue weighted by molar-refractivity contribution is 6.10. The molecule has 0 atom stereocenters. The molecule has 4 rings (SSSR count). The van der Waals surface area contributed by atoms with Crippen molar-refractivity contribution in [1.82, 2.24) is 19.1 Å². The van der Waals surface area contributed by atoms with Crippen LogP contribution in [0.1, 0.15) is 51.7 Å². The summed E-state index contributed by atoms with van der Waals surface area (Å²) in [5, 5.41) is 0. The summed E-state index contributed by atoms with van der Waals surface area (Å²) in [7, 11) is 4.75. The molecule has 0 spiro atoms. The molecule has 0 saturated heterocycles. The summed E-state index contributed by atoms with van der Waals surface area (Å²) < 4.78 is 7.84. The SMILES string of the molecule is COC(=O)c1ccc(-c2ccc(C(=O)c3cc(C(C)C)c4c(c3)n(C)c(=O)n4C)cn2)cn1. The van der Waals surface area contributed by atoms with Crippen LogP contribution in [0.4, 0.5) is 0 Å². The molecule has 3 heterocycles. The fraction of sp³-hybridized carbons (Fsp3) is 0.240. The molecule has 0 saturated carbocycles. The van der Waals surface area contributed by atoms with E-state index in [1.54, 1.807) is 53.6 Å². The number of ketones is 1. The van der Waals surface area contributed by atoms with E-state index in [1.165, 1.54) is 19.5 Å². The first-order chi connectivity index (χ1) is 15.7. The number of fused-ring (bicyclic) bond motifs is 1. The lowest BCUT2D eigenvalue weighted by molar-refractivity contribution is 0.0594. The van der Waals surface area contributed by atoms with Gasteiger partial charge in [0.05, 0.1) is 23.8 Å². The number of ether oxygens (including phenoxy) is 1. The minimum Gasteiger partial charge on any atom is -0.464 e. The summed E-state index contributed by atoms with van der Waals surface area (Å²) in [6, 6.07) is 10.4. The van der Waals surface area contributed by atoms with Crippen LogP contribution in [0.3, 0.4) is 0 Å². The van der Waals surface area contributed by atoms with Gasteiger partial charge in [-0.3, -0.25) is 18.9 Å². The van der Waals surface area contributed by atoms with Crippen molar-refractivity contribution in [3.63, 3.8) is 0 Å². The number of imidazole rings is 1. The van der Waals surface area contributed by atoms with E-state index >= 15 is 0 Å². The highest BCUT2D eigenvalue weighted by Crippen LogP contribution is 2.27. The third-order valence-electron chi connectivity index (χ3n) is 5.75. The Bertz CT molecular complexity index is 1430. The number of nitrogens with zero attached hydrogens (tertiary/aromatic N) is 4. The van der Waals surface area contributed by atoms with Crippen LogP contribution in [0.2, 0.25) is 0 Å². The Labute approximate surface area is 190 Å². The molecule has 1 aromatic carbocycles. The van der Waals surface area contributed by atoms with Gasteiger partial charge in [-0.25, -0.2) is 14.6 Å². The lowest BCUT2D eigenvalue weighted by atomic mass is 9.95. The van der Waals surface area contributed by atoms with Crippen molar-refractivity contribution in [3.8, 4) is 11.3 Å². The van der Waals surface area contributed by atoms with Crippen molar-refractivity contribution in [2.24, 2.45) is 14.1 Å². The van der Waals surface area contributed by atoms with Crippen molar-refractivity contribution in [2.75, 3.05) is 7.11 Å². The molecule has 4 aromatic rings. The summed E-state index contributed by atoms with van der Waals surface area (Å²) in [6.45, 7) is 4.08. The van der Waals surface area contributed by atoms with Gasteiger partial charge in [0.25, 0.3) is 0 Å². The lowest BCUT2D eigenvalue weighted by Crippen LogP contribution is -2.19. The first kappa shape index (κ1) is 22.1. The number of carbonyl (C=O) groups excluding carboxylic acids is 2. The van der Waals surface area contributed by atoms with E-state index < -0.39 is 5.97 Å². The van der Waals surface area contributed by atoms with E-state index in [0.717, 1.165) is 16.6 Å². The van der Waals surface area contributed by atoms with Crippen LogP contribution in [0.25, 0.3) is 22.3 Å². The van der Waals surface area contributed by atoms with Gasteiger partial charge in [-0.2, -0.15) is 0 Å². The van der Waals surface area contributed by atoms with Crippen LogP contribution < -0.4 is 5.69 Å². The Morgan fingerprint density at radius 3 is 2.27 bits per heavy atom. The Morgan fingerprint density at radius 1 is 0.939 bits per heavy atom. The van der Waals surface area contributed by atoms with Gasteiger partial charge >= 0.3 is 11.7 Å². The number of benzene rings is 1. The molecule has 0 aliphatic heterocycles. The van der Waals surface area contributed by atoms with Gasteiger partial charge in [0.15, 0.2) is 5.78 Å². The van der Waals surface area contributed by atoms with E-state index in [0.29, 0.717) is 22.4 Å². The molecule has 0 aliphatic carbocycles. The molecule has 0 aliphatic rings. The fourth-order valence-electron chi connectivity index (χ4n) is 3.89. The Balaban J connectivity index is 1.69. The minimum atomic E-state index is -0.510. The molecule has 168 valence electrons. The second kappa shape index (κ2) is 8.46. The third kappa shape index (κ3) is 3.84. The van der Waals surface area contributed by atoms with Crippen LogP contribution in [-0.4, -0.2) is 38.0 Å². The van der Waals surface area contributed by atoms with E-state index in [2.05, 4.69) is 14.7 Å². The molecule has 33 heavy (non-hydrogen) atoms. The van der Waals surface area contributed by atoms with E-state index in [1.807, 2.05) is 19.9 Å². The first-order valence-electron chi connectivity index (χ1n) is 10.5. The molecule has 0 N–H and O–H groups in total. The summed E-state index contributed by atoms with van der Waals surface area (Å²) in [4.78, 5) is 45.8. The number of hydrogen-bond donors (Lipinski definition) is 0. The summed E-state index contributed by atoms with van der Waals surface area (Å²) in [6.07, 6.45) is 3.06. The predicted molar refractivity (Wildman–Crippen MR) is 124 cm³/mol. The number of carbonyl (C=O) groups is 2. The van der Waals surface area contributed by atoms with Crippen molar-refractivity contribution in [2.45, 2.75) is 19.8 Å². The summed E-state index contributed by atoms with van der Waals surface area (Å²) in [5.41, 5.74) is 4.86. The highest BCUT2D eigenvalue weighted by Gasteiger charge is 2.19. The maximum absolute atomic E-state index is 13.3.